The van der Waals surface area contributed by atoms with Crippen LogP contribution in [-0.2, 0) is 6.18 Å². The van der Waals surface area contributed by atoms with Crippen LogP contribution in [-0.4, -0.2) is 20.9 Å². The highest BCUT2D eigenvalue weighted by Gasteiger charge is 2.30. The number of H-pyrrole nitrogens is 1. The number of para-hydroxylation sites is 1. The minimum atomic E-state index is -4.46. The number of pyridine rings is 1. The lowest BCUT2D eigenvalue weighted by molar-refractivity contribution is -0.137. The standard InChI is InChI=1S/C20H12ClF3N4O/c21-13-7-8-16(25-10-13)27-19(29)14-5-2-6-15-17(14)28-18(26-15)11-3-1-4-12(9-11)20(22,23)24/h1-10H,(H,26,28)(H,25,27,29). The normalized spacial score (nSPS) is 11.6. The number of carbonyl (C=O) groups is 1. The molecule has 0 radical (unpaired) electrons. The first kappa shape index (κ1) is 18.9. The highest BCUT2D eigenvalue weighted by atomic mass is 35.5. The molecule has 4 rings (SSSR count). The zero-order valence-electron chi connectivity index (χ0n) is 14.6. The number of amides is 1. The van der Waals surface area contributed by atoms with Gasteiger partial charge in [0.25, 0.3) is 5.91 Å². The molecule has 2 aromatic heterocycles. The second-order valence-electron chi connectivity index (χ2n) is 6.18. The van der Waals surface area contributed by atoms with Crippen molar-refractivity contribution in [1.29, 1.82) is 0 Å². The van der Waals surface area contributed by atoms with Gasteiger partial charge in [0.05, 0.1) is 21.7 Å². The second-order valence-corrected chi connectivity index (χ2v) is 6.62. The van der Waals surface area contributed by atoms with Crippen LogP contribution in [0.15, 0.2) is 60.8 Å². The van der Waals surface area contributed by atoms with Crippen molar-refractivity contribution in [1.82, 2.24) is 15.0 Å². The van der Waals surface area contributed by atoms with E-state index in [2.05, 4.69) is 20.3 Å². The van der Waals surface area contributed by atoms with Crippen molar-refractivity contribution in [2.75, 3.05) is 5.32 Å². The van der Waals surface area contributed by atoms with Gasteiger partial charge in [-0.2, -0.15) is 13.2 Å². The number of anilines is 1. The lowest BCUT2D eigenvalue weighted by atomic mass is 10.1. The molecular weight excluding hydrogens is 405 g/mol. The molecule has 2 aromatic carbocycles. The van der Waals surface area contributed by atoms with Gasteiger partial charge in [-0.3, -0.25) is 4.79 Å². The number of hydrogen-bond donors (Lipinski definition) is 2. The van der Waals surface area contributed by atoms with E-state index in [0.29, 0.717) is 21.9 Å². The molecular formula is C20H12ClF3N4O. The summed E-state index contributed by atoms with van der Waals surface area (Å²) in [5.41, 5.74) is 0.609. The fourth-order valence-electron chi connectivity index (χ4n) is 2.83. The predicted octanol–water partition coefficient (Wildman–Crippen LogP) is 5.55. The monoisotopic (exact) mass is 416 g/mol. The van der Waals surface area contributed by atoms with E-state index in [-0.39, 0.29) is 17.0 Å². The van der Waals surface area contributed by atoms with Gasteiger partial charge in [0.15, 0.2) is 0 Å². The van der Waals surface area contributed by atoms with Gasteiger partial charge >= 0.3 is 6.18 Å². The van der Waals surface area contributed by atoms with Crippen LogP contribution in [0.4, 0.5) is 19.0 Å². The molecule has 5 nitrogen and oxygen atoms in total. The molecule has 0 saturated heterocycles. The third kappa shape index (κ3) is 3.93. The fourth-order valence-corrected chi connectivity index (χ4v) is 2.94. The maximum atomic E-state index is 13.0. The number of imidazole rings is 1. The average Bonchev–Trinajstić information content (AvgIpc) is 3.13. The van der Waals surface area contributed by atoms with E-state index >= 15 is 0 Å². The highest BCUT2D eigenvalue weighted by Crippen LogP contribution is 2.32. The Bertz CT molecular complexity index is 1200. The van der Waals surface area contributed by atoms with Gasteiger partial charge in [-0.1, -0.05) is 29.8 Å². The van der Waals surface area contributed by atoms with E-state index in [0.717, 1.165) is 12.1 Å². The Balaban J connectivity index is 1.70. The molecule has 2 N–H and O–H groups in total. The lowest BCUT2D eigenvalue weighted by Crippen LogP contribution is -2.13. The first-order chi connectivity index (χ1) is 13.8. The van der Waals surface area contributed by atoms with Gasteiger partial charge in [-0.05, 0) is 36.4 Å². The third-order valence-corrected chi connectivity index (χ3v) is 4.41. The number of nitrogens with zero attached hydrogens (tertiary/aromatic N) is 2. The van der Waals surface area contributed by atoms with Gasteiger partial charge < -0.3 is 10.3 Å². The van der Waals surface area contributed by atoms with E-state index in [9.17, 15) is 18.0 Å². The number of fused-ring (bicyclic) bond motifs is 1. The molecule has 0 aliphatic rings. The first-order valence-corrected chi connectivity index (χ1v) is 8.78. The fraction of sp³-hybridized carbons (Fsp3) is 0.0500. The van der Waals surface area contributed by atoms with E-state index in [4.69, 9.17) is 11.6 Å². The van der Waals surface area contributed by atoms with Crippen molar-refractivity contribution in [3.8, 4) is 11.4 Å². The number of nitrogens with one attached hydrogen (secondary N) is 2. The minimum Gasteiger partial charge on any atom is -0.338 e. The van der Waals surface area contributed by atoms with Gasteiger partial charge in [-0.25, -0.2) is 9.97 Å². The SMILES string of the molecule is O=C(Nc1ccc(Cl)cn1)c1cccc2[nH]c(-c3cccc(C(F)(F)F)c3)nc12. The lowest BCUT2D eigenvalue weighted by Gasteiger charge is -2.07. The number of aromatic amines is 1. The van der Waals surface area contributed by atoms with Crippen molar-refractivity contribution in [3.63, 3.8) is 0 Å². The topological polar surface area (TPSA) is 70.7 Å². The minimum absolute atomic E-state index is 0.232. The number of alkyl halides is 3. The smallest absolute Gasteiger partial charge is 0.338 e. The largest absolute Gasteiger partial charge is 0.416 e. The molecule has 29 heavy (non-hydrogen) atoms. The number of aromatic nitrogens is 3. The van der Waals surface area contributed by atoms with Gasteiger partial charge in [0.2, 0.25) is 0 Å². The second kappa shape index (κ2) is 7.21. The molecule has 0 aliphatic heterocycles. The van der Waals surface area contributed by atoms with Crippen molar-refractivity contribution in [2.24, 2.45) is 0 Å². The summed E-state index contributed by atoms with van der Waals surface area (Å²) in [4.78, 5) is 24.0. The summed E-state index contributed by atoms with van der Waals surface area (Å²) in [6.07, 6.45) is -3.06. The molecule has 0 unspecified atom stereocenters. The number of halogens is 4. The molecule has 2 heterocycles. The Kier molecular flexibility index (Phi) is 4.71. The van der Waals surface area contributed by atoms with Crippen LogP contribution in [0.2, 0.25) is 5.02 Å². The van der Waals surface area contributed by atoms with Crippen LogP contribution in [0.25, 0.3) is 22.4 Å². The molecule has 0 spiro atoms. The quantitative estimate of drug-likeness (QED) is 0.460. The zero-order chi connectivity index (χ0) is 20.6. The molecule has 0 bridgehead atoms. The van der Waals surface area contributed by atoms with Crippen molar-refractivity contribution < 1.29 is 18.0 Å². The molecule has 0 atom stereocenters. The molecule has 0 aliphatic carbocycles. The van der Waals surface area contributed by atoms with Crippen LogP contribution in [0.3, 0.4) is 0 Å². The summed E-state index contributed by atoms with van der Waals surface area (Å²) in [5, 5.41) is 3.08. The van der Waals surface area contributed by atoms with Crippen LogP contribution < -0.4 is 5.32 Å². The maximum absolute atomic E-state index is 13.0. The van der Waals surface area contributed by atoms with Crippen LogP contribution in [0.1, 0.15) is 15.9 Å². The summed E-state index contributed by atoms with van der Waals surface area (Å²) >= 11 is 5.78. The van der Waals surface area contributed by atoms with Crippen LogP contribution >= 0.6 is 11.6 Å². The molecule has 4 aromatic rings. The third-order valence-electron chi connectivity index (χ3n) is 4.19. The average molecular weight is 417 g/mol. The van der Waals surface area contributed by atoms with Crippen molar-refractivity contribution in [3.05, 3.63) is 76.9 Å². The number of benzene rings is 2. The van der Waals surface area contributed by atoms with E-state index in [1.807, 2.05) is 0 Å². The number of rotatable bonds is 3. The molecule has 146 valence electrons. The van der Waals surface area contributed by atoms with Crippen molar-refractivity contribution in [2.45, 2.75) is 6.18 Å². The Morgan fingerprint density at radius 2 is 1.86 bits per heavy atom. The van der Waals surface area contributed by atoms with Crippen molar-refractivity contribution >= 4 is 34.4 Å². The Labute approximate surface area is 167 Å². The summed E-state index contributed by atoms with van der Waals surface area (Å²) < 4.78 is 39.0. The maximum Gasteiger partial charge on any atom is 0.416 e. The summed E-state index contributed by atoms with van der Waals surface area (Å²) in [6, 6.07) is 12.9. The zero-order valence-corrected chi connectivity index (χ0v) is 15.3. The molecule has 9 heteroatoms. The molecule has 1 amide bonds. The Morgan fingerprint density at radius 3 is 2.59 bits per heavy atom. The summed E-state index contributed by atoms with van der Waals surface area (Å²) in [7, 11) is 0. The summed E-state index contributed by atoms with van der Waals surface area (Å²) in [5.74, 6) is 0.0912. The van der Waals surface area contributed by atoms with Gasteiger partial charge in [-0.15, -0.1) is 0 Å². The van der Waals surface area contributed by atoms with Gasteiger partial charge in [0, 0.05) is 11.8 Å². The predicted molar refractivity (Wildman–Crippen MR) is 104 cm³/mol. The van der Waals surface area contributed by atoms with Crippen LogP contribution in [0, 0.1) is 0 Å². The first-order valence-electron chi connectivity index (χ1n) is 8.40. The molecule has 0 fully saturated rings. The molecule has 0 saturated carbocycles. The number of hydrogen-bond acceptors (Lipinski definition) is 3. The Hall–Kier alpha value is -3.39. The Morgan fingerprint density at radius 1 is 1.07 bits per heavy atom. The van der Waals surface area contributed by atoms with E-state index < -0.39 is 17.6 Å². The van der Waals surface area contributed by atoms with E-state index in [1.54, 1.807) is 30.3 Å². The van der Waals surface area contributed by atoms with E-state index in [1.165, 1.54) is 18.3 Å². The van der Waals surface area contributed by atoms with Gasteiger partial charge in [0.1, 0.15) is 17.2 Å². The summed E-state index contributed by atoms with van der Waals surface area (Å²) in [6.45, 7) is 0. The highest BCUT2D eigenvalue weighted by molar-refractivity contribution is 6.30. The van der Waals surface area contributed by atoms with Crippen LogP contribution in [0.5, 0.6) is 0 Å². The number of carbonyl (C=O) groups excluding carboxylic acids is 1.